The van der Waals surface area contributed by atoms with Gasteiger partial charge in [-0.05, 0) is 18.2 Å². The molecule has 0 amide bonds. The maximum atomic E-state index is 4.69. The second-order valence-electron chi connectivity index (χ2n) is 5.65. The van der Waals surface area contributed by atoms with Crippen LogP contribution in [-0.4, -0.2) is 34.9 Å². The van der Waals surface area contributed by atoms with Crippen molar-refractivity contribution in [1.82, 2.24) is 34.9 Å². The molecule has 0 radical (unpaired) electrons. The lowest BCUT2D eigenvalue weighted by Crippen LogP contribution is -1.91. The number of hydrogen-bond acceptors (Lipinski definition) is 4. The van der Waals surface area contributed by atoms with Crippen molar-refractivity contribution in [1.29, 1.82) is 0 Å². The van der Waals surface area contributed by atoms with Gasteiger partial charge in [0.05, 0.1) is 42.1 Å². The molecule has 25 heavy (non-hydrogen) atoms. The first-order chi connectivity index (χ1) is 12.4. The highest BCUT2D eigenvalue weighted by molar-refractivity contribution is 5.97. The minimum atomic E-state index is 0.622. The fourth-order valence-corrected chi connectivity index (χ4v) is 2.94. The molecule has 0 atom stereocenters. The zero-order chi connectivity index (χ0) is 16.6. The molecule has 0 aliphatic rings. The second kappa shape index (κ2) is 5.41. The summed E-state index contributed by atoms with van der Waals surface area (Å²) < 4.78 is 0. The second-order valence-corrected chi connectivity index (χ2v) is 5.65. The Bertz CT molecular complexity index is 1140. The summed E-state index contributed by atoms with van der Waals surface area (Å²) in [6.45, 7) is 0. The van der Waals surface area contributed by atoms with Crippen LogP contribution in [0.15, 0.2) is 61.6 Å². The molecular weight excluding hydrogens is 314 g/mol. The summed E-state index contributed by atoms with van der Waals surface area (Å²) in [5.74, 6) is 0.622. The van der Waals surface area contributed by atoms with E-state index < -0.39 is 0 Å². The van der Waals surface area contributed by atoms with Gasteiger partial charge in [0.25, 0.3) is 0 Å². The third-order valence-corrected chi connectivity index (χ3v) is 4.12. The summed E-state index contributed by atoms with van der Waals surface area (Å²) >= 11 is 0. The van der Waals surface area contributed by atoms with Gasteiger partial charge in [0.2, 0.25) is 0 Å². The Hall–Kier alpha value is -3.74. The molecule has 5 rings (SSSR count). The maximum absolute atomic E-state index is 4.69. The number of hydrogen-bond donors (Lipinski definition) is 3. The van der Waals surface area contributed by atoms with E-state index in [1.807, 2.05) is 12.1 Å². The van der Waals surface area contributed by atoms with Crippen LogP contribution >= 0.6 is 0 Å². The normalized spacial score (nSPS) is 11.2. The Morgan fingerprint density at radius 3 is 2.48 bits per heavy atom. The van der Waals surface area contributed by atoms with E-state index in [-0.39, 0.29) is 0 Å². The summed E-state index contributed by atoms with van der Waals surface area (Å²) in [6, 6.07) is 10.2. The van der Waals surface area contributed by atoms with E-state index in [0.29, 0.717) is 5.82 Å². The lowest BCUT2D eigenvalue weighted by molar-refractivity contribution is 1.16. The molecule has 3 N–H and O–H groups in total. The zero-order valence-electron chi connectivity index (χ0n) is 13.1. The molecule has 7 heteroatoms. The highest BCUT2D eigenvalue weighted by Crippen LogP contribution is 2.31. The van der Waals surface area contributed by atoms with Crippen LogP contribution in [0.2, 0.25) is 0 Å². The van der Waals surface area contributed by atoms with Crippen LogP contribution in [0.3, 0.4) is 0 Å². The third-order valence-electron chi connectivity index (χ3n) is 4.12. The summed E-state index contributed by atoms with van der Waals surface area (Å²) in [4.78, 5) is 26.7. The lowest BCUT2D eigenvalue weighted by Gasteiger charge is -2.04. The molecule has 0 saturated carbocycles. The van der Waals surface area contributed by atoms with Crippen molar-refractivity contribution in [3.05, 3.63) is 61.6 Å². The van der Waals surface area contributed by atoms with E-state index in [1.54, 1.807) is 31.2 Å². The number of nitrogens with zero attached hydrogens (tertiary/aromatic N) is 4. The fourth-order valence-electron chi connectivity index (χ4n) is 2.94. The molecule has 7 nitrogen and oxygen atoms in total. The van der Waals surface area contributed by atoms with Crippen LogP contribution in [0.4, 0.5) is 0 Å². The molecule has 0 aliphatic carbocycles. The number of aromatic amines is 3. The molecule has 1 aromatic carbocycles. The van der Waals surface area contributed by atoms with Crippen molar-refractivity contribution in [2.75, 3.05) is 0 Å². The summed E-state index contributed by atoms with van der Waals surface area (Å²) in [7, 11) is 0. The van der Waals surface area contributed by atoms with E-state index >= 15 is 0 Å². The quantitative estimate of drug-likeness (QED) is 0.473. The zero-order valence-corrected chi connectivity index (χ0v) is 13.1. The van der Waals surface area contributed by atoms with Crippen molar-refractivity contribution in [2.24, 2.45) is 0 Å². The molecule has 0 aliphatic heterocycles. The smallest absolute Gasteiger partial charge is 0.178 e. The van der Waals surface area contributed by atoms with Gasteiger partial charge in [0, 0.05) is 22.7 Å². The Balaban J connectivity index is 1.67. The van der Waals surface area contributed by atoms with Crippen LogP contribution in [0.1, 0.15) is 0 Å². The number of nitrogens with one attached hydrogen (secondary N) is 3. The predicted molar refractivity (Wildman–Crippen MR) is 94.5 cm³/mol. The highest BCUT2D eigenvalue weighted by atomic mass is 15.0. The standard InChI is InChI=1S/C18H13N7/c1-2-11(14-4-5-21-18(25-14)17-8-20-10-23-17)12-6-15(24-13(12)3-1)16-7-19-9-22-16/h1-10,24H,(H,19,22)(H,20,23). The van der Waals surface area contributed by atoms with E-state index in [0.717, 1.165) is 39.2 Å². The van der Waals surface area contributed by atoms with Gasteiger partial charge in [-0.3, -0.25) is 0 Å². The van der Waals surface area contributed by atoms with E-state index in [4.69, 9.17) is 4.98 Å². The first-order valence-corrected chi connectivity index (χ1v) is 7.81. The van der Waals surface area contributed by atoms with Gasteiger partial charge in [-0.1, -0.05) is 12.1 Å². The van der Waals surface area contributed by atoms with Crippen molar-refractivity contribution >= 4 is 10.9 Å². The minimum Gasteiger partial charge on any atom is -0.353 e. The molecule has 0 bridgehead atoms. The molecule has 0 fully saturated rings. The Kier molecular flexibility index (Phi) is 2.96. The summed E-state index contributed by atoms with van der Waals surface area (Å²) in [5.41, 5.74) is 5.68. The number of aromatic nitrogens is 7. The molecular formula is C18H13N7. The van der Waals surface area contributed by atoms with Gasteiger partial charge in [-0.2, -0.15) is 0 Å². The van der Waals surface area contributed by atoms with Crippen molar-refractivity contribution in [3.8, 4) is 34.2 Å². The predicted octanol–water partition coefficient (Wildman–Crippen LogP) is 3.41. The Labute approximate surface area is 142 Å². The van der Waals surface area contributed by atoms with E-state index in [2.05, 4.69) is 48.1 Å². The number of H-pyrrole nitrogens is 3. The third kappa shape index (κ3) is 2.29. The number of rotatable bonds is 3. The lowest BCUT2D eigenvalue weighted by atomic mass is 10.1. The molecule has 0 saturated heterocycles. The van der Waals surface area contributed by atoms with Gasteiger partial charge >= 0.3 is 0 Å². The first kappa shape index (κ1) is 13.7. The minimum absolute atomic E-state index is 0.622. The van der Waals surface area contributed by atoms with Gasteiger partial charge in [0.1, 0.15) is 5.69 Å². The summed E-state index contributed by atoms with van der Waals surface area (Å²) in [5, 5.41) is 1.10. The summed E-state index contributed by atoms with van der Waals surface area (Å²) in [6.07, 6.45) is 8.56. The molecule has 5 aromatic rings. The molecule has 4 heterocycles. The SMILES string of the molecule is c1cc(-c2ccnc(-c3cnc[nH]3)n2)c2cc(-c3cnc[nH]3)[nH]c2c1. The van der Waals surface area contributed by atoms with Gasteiger partial charge < -0.3 is 15.0 Å². The maximum Gasteiger partial charge on any atom is 0.178 e. The molecule has 4 aromatic heterocycles. The Morgan fingerprint density at radius 2 is 1.68 bits per heavy atom. The largest absolute Gasteiger partial charge is 0.353 e. The van der Waals surface area contributed by atoms with Gasteiger partial charge in [0.15, 0.2) is 5.82 Å². The van der Waals surface area contributed by atoms with Crippen LogP contribution < -0.4 is 0 Å². The van der Waals surface area contributed by atoms with Gasteiger partial charge in [-0.15, -0.1) is 0 Å². The average Bonchev–Trinajstić information content (AvgIpc) is 3.42. The average molecular weight is 327 g/mol. The van der Waals surface area contributed by atoms with Crippen molar-refractivity contribution < 1.29 is 0 Å². The van der Waals surface area contributed by atoms with Crippen LogP contribution in [0.25, 0.3) is 45.1 Å². The highest BCUT2D eigenvalue weighted by Gasteiger charge is 2.11. The Morgan fingerprint density at radius 1 is 0.840 bits per heavy atom. The molecule has 0 spiro atoms. The van der Waals surface area contributed by atoms with Crippen LogP contribution in [0, 0.1) is 0 Å². The van der Waals surface area contributed by atoms with Gasteiger partial charge in [-0.25, -0.2) is 19.9 Å². The van der Waals surface area contributed by atoms with Crippen LogP contribution in [0.5, 0.6) is 0 Å². The number of benzene rings is 1. The number of fused-ring (bicyclic) bond motifs is 1. The van der Waals surface area contributed by atoms with Crippen molar-refractivity contribution in [3.63, 3.8) is 0 Å². The number of imidazole rings is 2. The topological polar surface area (TPSA) is 98.9 Å². The molecule has 120 valence electrons. The van der Waals surface area contributed by atoms with Crippen LogP contribution in [-0.2, 0) is 0 Å². The molecule has 0 unspecified atom stereocenters. The monoisotopic (exact) mass is 327 g/mol. The van der Waals surface area contributed by atoms with E-state index in [1.165, 1.54) is 0 Å². The van der Waals surface area contributed by atoms with Crippen molar-refractivity contribution in [2.45, 2.75) is 0 Å². The first-order valence-electron chi connectivity index (χ1n) is 7.81. The van der Waals surface area contributed by atoms with E-state index in [9.17, 15) is 0 Å². The fraction of sp³-hybridized carbons (Fsp3) is 0.